The minimum absolute atomic E-state index is 0.225. The highest BCUT2D eigenvalue weighted by atomic mass is 35.5. The van der Waals surface area contributed by atoms with Crippen LogP contribution in [-0.2, 0) is 17.3 Å². The standard InChI is InChI=1S/C35H35ClN4O3S/c1-24-10-11-25(2)27(20-24)23-40-31-21-26(12-13-33(31)44(43)32-9-4-3-8-30(32)35(40)42)34(41)37-14-15-38-16-18-39(19-17-38)29-7-5-6-28(36)22-29/h3-13,20-22H,14-19,23H2,1-2H3,(H,37,41)/t44-/m1/s1. The molecule has 1 N–H and O–H groups in total. The molecule has 1 atom stereocenters. The van der Waals surface area contributed by atoms with Gasteiger partial charge in [-0.2, -0.15) is 0 Å². The van der Waals surface area contributed by atoms with Gasteiger partial charge in [-0.25, -0.2) is 4.21 Å². The predicted octanol–water partition coefficient (Wildman–Crippen LogP) is 5.84. The lowest BCUT2D eigenvalue weighted by molar-refractivity contribution is 0.0944. The third-order valence-electron chi connectivity index (χ3n) is 8.37. The average molecular weight is 627 g/mol. The van der Waals surface area contributed by atoms with E-state index in [2.05, 4.69) is 27.2 Å². The number of benzene rings is 4. The summed E-state index contributed by atoms with van der Waals surface area (Å²) in [5, 5.41) is 3.78. The molecule has 1 fully saturated rings. The minimum atomic E-state index is -1.58. The van der Waals surface area contributed by atoms with E-state index in [0.717, 1.165) is 60.1 Å². The van der Waals surface area contributed by atoms with Crippen LogP contribution in [0.5, 0.6) is 0 Å². The van der Waals surface area contributed by atoms with E-state index < -0.39 is 10.8 Å². The molecule has 2 amide bonds. The Morgan fingerprint density at radius 3 is 2.48 bits per heavy atom. The Morgan fingerprint density at radius 1 is 0.886 bits per heavy atom. The Morgan fingerprint density at radius 2 is 1.68 bits per heavy atom. The van der Waals surface area contributed by atoms with Crippen LogP contribution in [-0.4, -0.2) is 60.2 Å². The average Bonchev–Trinajstić information content (AvgIpc) is 3.12. The van der Waals surface area contributed by atoms with E-state index >= 15 is 0 Å². The molecule has 226 valence electrons. The highest BCUT2D eigenvalue weighted by Gasteiger charge is 2.32. The summed E-state index contributed by atoms with van der Waals surface area (Å²) in [4.78, 5) is 34.6. The second kappa shape index (κ2) is 12.9. The smallest absolute Gasteiger partial charge is 0.259 e. The Labute approximate surface area is 265 Å². The molecule has 2 aliphatic heterocycles. The van der Waals surface area contributed by atoms with Crippen LogP contribution in [0.15, 0.2) is 94.7 Å². The van der Waals surface area contributed by atoms with Crippen molar-refractivity contribution in [3.05, 3.63) is 118 Å². The Bertz CT molecular complexity index is 1750. The van der Waals surface area contributed by atoms with Gasteiger partial charge in [-0.05, 0) is 73.5 Å². The summed E-state index contributed by atoms with van der Waals surface area (Å²) >= 11 is 6.17. The molecule has 0 radical (unpaired) electrons. The van der Waals surface area contributed by atoms with Gasteiger partial charge in [-0.3, -0.25) is 14.5 Å². The van der Waals surface area contributed by atoms with Gasteiger partial charge in [-0.1, -0.05) is 53.6 Å². The van der Waals surface area contributed by atoms with E-state index in [0.29, 0.717) is 39.7 Å². The van der Waals surface area contributed by atoms with Crippen molar-refractivity contribution >= 4 is 45.6 Å². The number of piperazine rings is 1. The van der Waals surface area contributed by atoms with Gasteiger partial charge in [-0.15, -0.1) is 0 Å². The number of halogens is 1. The predicted molar refractivity (Wildman–Crippen MR) is 176 cm³/mol. The van der Waals surface area contributed by atoms with E-state index in [1.54, 1.807) is 47.4 Å². The molecule has 0 unspecified atom stereocenters. The molecule has 2 heterocycles. The number of anilines is 2. The second-order valence-electron chi connectivity index (χ2n) is 11.3. The molecule has 6 rings (SSSR count). The van der Waals surface area contributed by atoms with Gasteiger partial charge in [0.25, 0.3) is 11.8 Å². The summed E-state index contributed by atoms with van der Waals surface area (Å²) < 4.78 is 13.8. The number of nitrogens with zero attached hydrogens (tertiary/aromatic N) is 3. The van der Waals surface area contributed by atoms with Crippen LogP contribution in [0.2, 0.25) is 5.02 Å². The number of hydrogen-bond acceptors (Lipinski definition) is 5. The molecule has 9 heteroatoms. The number of carbonyl (C=O) groups excluding carboxylic acids is 2. The largest absolute Gasteiger partial charge is 0.369 e. The van der Waals surface area contributed by atoms with E-state index in [4.69, 9.17) is 11.6 Å². The second-order valence-corrected chi connectivity index (χ2v) is 13.2. The summed E-state index contributed by atoms with van der Waals surface area (Å²) in [5.74, 6) is -0.458. The fraction of sp³-hybridized carbons (Fsp3) is 0.257. The lowest BCUT2D eigenvalue weighted by Crippen LogP contribution is -2.48. The molecule has 44 heavy (non-hydrogen) atoms. The third-order valence-corrected chi connectivity index (χ3v) is 10.1. The number of carbonyl (C=O) groups is 2. The van der Waals surface area contributed by atoms with Gasteiger partial charge >= 0.3 is 0 Å². The number of rotatable bonds is 7. The summed E-state index contributed by atoms with van der Waals surface area (Å²) in [5.41, 5.74) is 5.62. The van der Waals surface area contributed by atoms with Crippen molar-refractivity contribution in [2.75, 3.05) is 49.1 Å². The summed E-state index contributed by atoms with van der Waals surface area (Å²) in [6.07, 6.45) is 0. The van der Waals surface area contributed by atoms with Crippen LogP contribution in [0.3, 0.4) is 0 Å². The number of fused-ring (bicyclic) bond motifs is 2. The van der Waals surface area contributed by atoms with Crippen molar-refractivity contribution in [3.63, 3.8) is 0 Å². The van der Waals surface area contributed by atoms with Crippen LogP contribution in [0.1, 0.15) is 37.4 Å². The van der Waals surface area contributed by atoms with Gasteiger partial charge < -0.3 is 15.1 Å². The lowest BCUT2D eigenvalue weighted by Gasteiger charge is -2.36. The summed E-state index contributed by atoms with van der Waals surface area (Å²) in [7, 11) is -1.58. The topological polar surface area (TPSA) is 73.0 Å². The summed E-state index contributed by atoms with van der Waals surface area (Å²) in [6.45, 7) is 9.14. The zero-order valence-electron chi connectivity index (χ0n) is 24.9. The van der Waals surface area contributed by atoms with E-state index in [9.17, 15) is 13.8 Å². The first kappa shape index (κ1) is 30.1. The monoisotopic (exact) mass is 626 g/mol. The van der Waals surface area contributed by atoms with Gasteiger partial charge in [0.2, 0.25) is 0 Å². The highest BCUT2D eigenvalue weighted by Crippen LogP contribution is 2.36. The highest BCUT2D eigenvalue weighted by molar-refractivity contribution is 7.85. The van der Waals surface area contributed by atoms with Crippen LogP contribution in [0.4, 0.5) is 11.4 Å². The van der Waals surface area contributed by atoms with Crippen molar-refractivity contribution in [1.82, 2.24) is 10.2 Å². The summed E-state index contributed by atoms with van der Waals surface area (Å²) in [6, 6.07) is 26.3. The molecule has 4 aromatic carbocycles. The molecule has 0 aliphatic carbocycles. The van der Waals surface area contributed by atoms with Crippen LogP contribution in [0, 0.1) is 13.8 Å². The fourth-order valence-corrected chi connectivity index (χ4v) is 7.36. The zero-order valence-corrected chi connectivity index (χ0v) is 26.5. The molecular weight excluding hydrogens is 592 g/mol. The Hall–Kier alpha value is -3.98. The lowest BCUT2D eigenvalue weighted by atomic mass is 10.0. The number of amides is 2. The van der Waals surface area contributed by atoms with Gasteiger partial charge in [0.15, 0.2) is 0 Å². The molecule has 7 nitrogen and oxygen atoms in total. The fourth-order valence-electron chi connectivity index (χ4n) is 5.83. The van der Waals surface area contributed by atoms with Crippen molar-refractivity contribution in [2.24, 2.45) is 0 Å². The molecule has 4 aromatic rings. The molecule has 2 aliphatic rings. The first-order valence-electron chi connectivity index (χ1n) is 14.8. The van der Waals surface area contributed by atoms with E-state index in [1.807, 2.05) is 44.2 Å². The normalized spacial score (nSPS) is 16.7. The number of hydrogen-bond donors (Lipinski definition) is 1. The van der Waals surface area contributed by atoms with E-state index in [-0.39, 0.29) is 11.8 Å². The maximum Gasteiger partial charge on any atom is 0.259 e. The third kappa shape index (κ3) is 6.29. The quantitative estimate of drug-likeness (QED) is 0.279. The van der Waals surface area contributed by atoms with Gasteiger partial charge in [0.05, 0.1) is 38.4 Å². The molecule has 0 spiro atoms. The zero-order chi connectivity index (χ0) is 30.8. The van der Waals surface area contributed by atoms with Crippen molar-refractivity contribution in [3.8, 4) is 0 Å². The van der Waals surface area contributed by atoms with E-state index in [1.165, 1.54) is 0 Å². The van der Waals surface area contributed by atoms with Crippen molar-refractivity contribution in [2.45, 2.75) is 30.2 Å². The molecule has 0 aromatic heterocycles. The number of aryl methyl sites for hydroxylation is 2. The first-order valence-corrected chi connectivity index (χ1v) is 16.4. The molecular formula is C35H35ClN4O3S. The minimum Gasteiger partial charge on any atom is -0.369 e. The maximum absolute atomic E-state index is 14.0. The first-order chi connectivity index (χ1) is 21.3. The molecule has 0 saturated carbocycles. The SMILES string of the molecule is Cc1ccc(C)c(CN2C(=O)c3ccccc3[S@@](=O)c3ccc(C(=O)NCCN4CCN(c5cccc(Cl)c5)CC4)cc32)c1. The molecule has 0 bridgehead atoms. The Kier molecular flexibility index (Phi) is 8.84. The van der Waals surface area contributed by atoms with Gasteiger partial charge in [0, 0.05) is 55.5 Å². The number of nitrogens with one attached hydrogen (secondary N) is 1. The maximum atomic E-state index is 14.0. The van der Waals surface area contributed by atoms with Crippen LogP contribution < -0.4 is 15.1 Å². The van der Waals surface area contributed by atoms with Crippen LogP contribution >= 0.6 is 11.6 Å². The van der Waals surface area contributed by atoms with Crippen molar-refractivity contribution < 1.29 is 13.8 Å². The van der Waals surface area contributed by atoms with Crippen LogP contribution in [0.25, 0.3) is 0 Å². The van der Waals surface area contributed by atoms with Gasteiger partial charge in [0.1, 0.15) is 0 Å². The Balaban J connectivity index is 1.18. The van der Waals surface area contributed by atoms with Crippen molar-refractivity contribution in [1.29, 1.82) is 0 Å². The molecule has 1 saturated heterocycles.